The first-order valence-corrected chi connectivity index (χ1v) is 12.3. The Morgan fingerprint density at radius 1 is 1.04 bits per heavy atom. The molecule has 2 atom stereocenters. The van der Waals surface area contributed by atoms with Crippen LogP contribution in [0.1, 0.15) is 41.5 Å². The van der Waals surface area contributed by atoms with Gasteiger partial charge in [-0.1, -0.05) is 56.7 Å². The van der Waals surface area contributed by atoms with Crippen molar-refractivity contribution in [3.05, 3.63) is 47.6 Å². The summed E-state index contributed by atoms with van der Waals surface area (Å²) >= 11 is 0. The molecule has 0 aromatic rings. The molecule has 0 rings (SSSR count). The predicted octanol–water partition coefficient (Wildman–Crippen LogP) is 5.28. The molecule has 28 heavy (non-hydrogen) atoms. The van der Waals surface area contributed by atoms with Gasteiger partial charge >= 0.3 is 11.9 Å². The normalized spacial score (nSPS) is 16.5. The Morgan fingerprint density at radius 3 is 2.04 bits per heavy atom. The van der Waals surface area contributed by atoms with Crippen molar-refractivity contribution < 1.29 is 23.9 Å². The van der Waals surface area contributed by atoms with Crippen LogP contribution < -0.4 is 0 Å². The van der Waals surface area contributed by atoms with Crippen LogP contribution in [0.15, 0.2) is 47.6 Å². The summed E-state index contributed by atoms with van der Waals surface area (Å²) in [6.45, 7) is 16.1. The summed E-state index contributed by atoms with van der Waals surface area (Å²) in [5.41, 5.74) is 1.81. The Balaban J connectivity index is 5.46. The summed E-state index contributed by atoms with van der Waals surface area (Å²) in [5, 5.41) is 9.50. The second kappa shape index (κ2) is 11.2. The molecule has 0 saturated heterocycles. The molecule has 0 aliphatic carbocycles. The van der Waals surface area contributed by atoms with Gasteiger partial charge in [-0.25, -0.2) is 4.79 Å². The van der Waals surface area contributed by atoms with E-state index in [1.807, 2.05) is 32.1 Å². The third kappa shape index (κ3) is 8.84. The molecule has 6 heteroatoms. The average Bonchev–Trinajstić information content (AvgIpc) is 2.57. The number of carbonyl (C=O) groups is 2. The third-order valence-electron chi connectivity index (χ3n) is 5.03. The number of carboxylic acids is 1. The number of esters is 1. The molecule has 0 aromatic heterocycles. The molecule has 0 unspecified atom stereocenters. The first kappa shape index (κ1) is 26.1. The van der Waals surface area contributed by atoms with Crippen molar-refractivity contribution in [2.45, 2.75) is 65.8 Å². The van der Waals surface area contributed by atoms with Gasteiger partial charge in [0.15, 0.2) is 8.32 Å². The summed E-state index contributed by atoms with van der Waals surface area (Å²) in [7, 11) is -0.795. The first-order chi connectivity index (χ1) is 12.7. The number of rotatable bonds is 9. The van der Waals surface area contributed by atoms with Crippen LogP contribution in [0.5, 0.6) is 0 Å². The molecule has 0 aliphatic rings. The van der Waals surface area contributed by atoms with Gasteiger partial charge in [-0.2, -0.15) is 0 Å². The molecular formula is C22H36O5Si. The highest BCUT2D eigenvalue weighted by atomic mass is 28.4. The fraction of sp³-hybridized carbons (Fsp3) is 0.545. The molecule has 0 bridgehead atoms. The van der Waals surface area contributed by atoms with Gasteiger partial charge in [-0.3, -0.25) is 4.79 Å². The Morgan fingerprint density at radius 2 is 1.57 bits per heavy atom. The van der Waals surface area contributed by atoms with E-state index in [0.717, 1.165) is 11.1 Å². The quantitative estimate of drug-likeness (QED) is 0.243. The minimum absolute atomic E-state index is 0.00904. The van der Waals surface area contributed by atoms with Crippen LogP contribution in [0, 0.1) is 5.92 Å². The second-order valence-electron chi connectivity index (χ2n) is 8.49. The number of carboxylic acid groups (broad SMARTS) is 1. The maximum Gasteiger partial charge on any atom is 0.330 e. The van der Waals surface area contributed by atoms with Crippen LogP contribution in [0.25, 0.3) is 0 Å². The zero-order valence-corrected chi connectivity index (χ0v) is 19.7. The van der Waals surface area contributed by atoms with Crippen molar-refractivity contribution in [3.63, 3.8) is 0 Å². The maximum absolute atomic E-state index is 11.6. The molecule has 0 amide bonds. The number of ether oxygens (including phenoxy) is 1. The van der Waals surface area contributed by atoms with E-state index in [1.165, 1.54) is 13.2 Å². The Hall–Kier alpha value is -1.92. The van der Waals surface area contributed by atoms with Gasteiger partial charge in [-0.05, 0) is 44.5 Å². The number of hydrogen-bond donors (Lipinski definition) is 1. The van der Waals surface area contributed by atoms with Crippen molar-refractivity contribution >= 4 is 20.3 Å². The lowest BCUT2D eigenvalue weighted by atomic mass is 9.98. The number of allylic oxidation sites excluding steroid dienone is 6. The van der Waals surface area contributed by atoms with E-state index in [0.29, 0.717) is 0 Å². The highest BCUT2D eigenvalue weighted by molar-refractivity contribution is 6.74. The van der Waals surface area contributed by atoms with Crippen LogP contribution in [0.3, 0.4) is 0 Å². The van der Waals surface area contributed by atoms with Crippen molar-refractivity contribution in [1.82, 2.24) is 0 Å². The Bertz CT molecular complexity index is 663. The standard InChI is InChI=1S/C22H36O5Si/c1-16(13-11-15-19(23)26-7)12-10-14-17(2)20(18(3)21(24)25)27-28(8,9)22(4,5)6/h10-15,18,20H,1-9H3,(H,24,25)/b12-10+,15-11+,16-13+,17-14+/t18-,20-/m0/s1. The molecule has 0 saturated carbocycles. The van der Waals surface area contributed by atoms with Crippen LogP contribution in [0.4, 0.5) is 0 Å². The molecule has 0 heterocycles. The molecule has 0 fully saturated rings. The van der Waals surface area contributed by atoms with E-state index >= 15 is 0 Å². The molecule has 0 aliphatic heterocycles. The average molecular weight is 409 g/mol. The van der Waals surface area contributed by atoms with Gasteiger partial charge in [0, 0.05) is 6.08 Å². The number of aliphatic carboxylic acids is 1. The Kier molecular flexibility index (Phi) is 10.4. The van der Waals surface area contributed by atoms with Crippen LogP contribution in [-0.2, 0) is 18.8 Å². The molecule has 0 radical (unpaired) electrons. The van der Waals surface area contributed by atoms with Crippen molar-refractivity contribution in [3.8, 4) is 0 Å². The summed E-state index contributed by atoms with van der Waals surface area (Å²) in [6, 6.07) is 0. The molecule has 0 aromatic carbocycles. The van der Waals surface area contributed by atoms with Crippen LogP contribution >= 0.6 is 0 Å². The molecular weight excluding hydrogens is 372 g/mol. The van der Waals surface area contributed by atoms with Crippen LogP contribution in [-0.4, -0.2) is 38.6 Å². The van der Waals surface area contributed by atoms with E-state index in [9.17, 15) is 14.7 Å². The smallest absolute Gasteiger partial charge is 0.330 e. The zero-order valence-electron chi connectivity index (χ0n) is 18.7. The topological polar surface area (TPSA) is 72.8 Å². The van der Waals surface area contributed by atoms with E-state index < -0.39 is 32.3 Å². The van der Waals surface area contributed by atoms with Gasteiger partial charge in [0.1, 0.15) is 0 Å². The van der Waals surface area contributed by atoms with E-state index in [2.05, 4.69) is 38.6 Å². The van der Waals surface area contributed by atoms with Gasteiger partial charge in [-0.15, -0.1) is 0 Å². The number of hydrogen-bond acceptors (Lipinski definition) is 4. The van der Waals surface area contributed by atoms with Gasteiger partial charge in [0.2, 0.25) is 0 Å². The fourth-order valence-corrected chi connectivity index (χ4v) is 3.44. The van der Waals surface area contributed by atoms with Gasteiger partial charge in [0.25, 0.3) is 0 Å². The molecule has 158 valence electrons. The lowest BCUT2D eigenvalue weighted by Gasteiger charge is -2.40. The monoisotopic (exact) mass is 408 g/mol. The second-order valence-corrected chi connectivity index (χ2v) is 13.2. The molecule has 0 spiro atoms. The molecule has 1 N–H and O–H groups in total. The fourth-order valence-electron chi connectivity index (χ4n) is 2.06. The SMILES string of the molecule is COC(=O)/C=C/C=C(C)/C=C/C=C(\C)[C@H](O[Si](C)(C)C(C)(C)C)[C@H](C)C(=O)O. The number of methoxy groups -OCH3 is 1. The van der Waals surface area contributed by atoms with Gasteiger partial charge in [0.05, 0.1) is 19.1 Å². The predicted molar refractivity (Wildman–Crippen MR) is 117 cm³/mol. The highest BCUT2D eigenvalue weighted by Crippen LogP contribution is 2.39. The largest absolute Gasteiger partial charge is 0.481 e. The minimum atomic E-state index is -2.13. The number of carbonyl (C=O) groups excluding carboxylic acids is 1. The summed E-state index contributed by atoms with van der Waals surface area (Å²) in [6.07, 6.45) is 9.92. The van der Waals surface area contributed by atoms with Crippen molar-refractivity contribution in [2.75, 3.05) is 7.11 Å². The lowest BCUT2D eigenvalue weighted by Crippen LogP contribution is -2.47. The van der Waals surface area contributed by atoms with Crippen molar-refractivity contribution in [2.24, 2.45) is 5.92 Å². The van der Waals surface area contributed by atoms with E-state index in [-0.39, 0.29) is 5.04 Å². The summed E-state index contributed by atoms with van der Waals surface area (Å²) in [5.74, 6) is -1.92. The van der Waals surface area contributed by atoms with E-state index in [4.69, 9.17) is 4.43 Å². The zero-order chi connectivity index (χ0) is 22.1. The summed E-state index contributed by atoms with van der Waals surface area (Å²) < 4.78 is 11.0. The van der Waals surface area contributed by atoms with Crippen LogP contribution in [0.2, 0.25) is 18.1 Å². The molecule has 5 nitrogen and oxygen atoms in total. The summed E-state index contributed by atoms with van der Waals surface area (Å²) in [4.78, 5) is 22.6. The minimum Gasteiger partial charge on any atom is -0.481 e. The lowest BCUT2D eigenvalue weighted by molar-refractivity contribution is -0.143. The van der Waals surface area contributed by atoms with Gasteiger partial charge < -0.3 is 14.3 Å². The third-order valence-corrected chi connectivity index (χ3v) is 9.49. The van der Waals surface area contributed by atoms with E-state index in [1.54, 1.807) is 19.1 Å². The first-order valence-electron chi connectivity index (χ1n) is 9.41. The highest BCUT2D eigenvalue weighted by Gasteiger charge is 2.41. The Labute approximate surface area is 170 Å². The van der Waals surface area contributed by atoms with Crippen molar-refractivity contribution in [1.29, 1.82) is 0 Å². The maximum atomic E-state index is 11.6.